The van der Waals surface area contributed by atoms with E-state index in [2.05, 4.69) is 31.1 Å². The standard InChI is InChI=1S/C12H15FN2S/c1-12(2,3)7-14-11-15-9-5-4-8(13)6-10(9)16-11/h4-6H,7H2,1-3H3,(H,14,15). The summed E-state index contributed by atoms with van der Waals surface area (Å²) in [5, 5.41) is 4.14. The molecule has 1 aromatic carbocycles. The topological polar surface area (TPSA) is 24.9 Å². The number of thiazole rings is 1. The molecule has 0 aliphatic carbocycles. The molecular weight excluding hydrogens is 223 g/mol. The van der Waals surface area contributed by atoms with Gasteiger partial charge in [0.1, 0.15) is 5.82 Å². The zero-order valence-corrected chi connectivity index (χ0v) is 10.5. The van der Waals surface area contributed by atoms with Gasteiger partial charge in [0.2, 0.25) is 0 Å². The fraction of sp³-hybridized carbons (Fsp3) is 0.417. The summed E-state index contributed by atoms with van der Waals surface area (Å²) in [6.45, 7) is 7.34. The Labute approximate surface area is 98.5 Å². The summed E-state index contributed by atoms with van der Waals surface area (Å²) in [6.07, 6.45) is 0. The average molecular weight is 238 g/mol. The van der Waals surface area contributed by atoms with Crippen LogP contribution in [0.4, 0.5) is 9.52 Å². The number of fused-ring (bicyclic) bond motifs is 1. The Hall–Kier alpha value is -1.16. The van der Waals surface area contributed by atoms with E-state index < -0.39 is 0 Å². The molecule has 0 spiro atoms. The molecule has 0 bridgehead atoms. The maximum absolute atomic E-state index is 13.0. The van der Waals surface area contributed by atoms with Gasteiger partial charge < -0.3 is 5.32 Å². The number of benzene rings is 1. The minimum absolute atomic E-state index is 0.210. The Morgan fingerprint density at radius 3 is 2.81 bits per heavy atom. The molecule has 0 saturated carbocycles. The Morgan fingerprint density at radius 2 is 2.12 bits per heavy atom. The number of nitrogens with zero attached hydrogens (tertiary/aromatic N) is 1. The molecule has 2 rings (SSSR count). The lowest BCUT2D eigenvalue weighted by Crippen LogP contribution is -2.18. The molecule has 0 radical (unpaired) electrons. The van der Waals surface area contributed by atoms with Crippen molar-refractivity contribution in [3.05, 3.63) is 24.0 Å². The molecule has 1 aromatic heterocycles. The number of halogens is 1. The van der Waals surface area contributed by atoms with E-state index in [9.17, 15) is 4.39 Å². The van der Waals surface area contributed by atoms with Gasteiger partial charge >= 0.3 is 0 Å². The largest absolute Gasteiger partial charge is 0.361 e. The van der Waals surface area contributed by atoms with Crippen LogP contribution in [0.2, 0.25) is 0 Å². The van der Waals surface area contributed by atoms with E-state index in [0.29, 0.717) is 0 Å². The molecule has 0 atom stereocenters. The summed E-state index contributed by atoms with van der Waals surface area (Å²) >= 11 is 1.49. The van der Waals surface area contributed by atoms with E-state index in [0.717, 1.165) is 21.9 Å². The SMILES string of the molecule is CC(C)(C)CNc1nc2ccc(F)cc2s1. The molecule has 2 aromatic rings. The predicted octanol–water partition coefficient (Wildman–Crippen LogP) is 3.89. The highest BCUT2D eigenvalue weighted by Gasteiger charge is 2.11. The monoisotopic (exact) mass is 238 g/mol. The zero-order valence-electron chi connectivity index (χ0n) is 9.67. The third kappa shape index (κ3) is 2.70. The molecule has 0 saturated heterocycles. The highest BCUT2D eigenvalue weighted by atomic mass is 32.1. The third-order valence-corrected chi connectivity index (χ3v) is 3.10. The smallest absolute Gasteiger partial charge is 0.183 e. The minimum atomic E-state index is -0.210. The minimum Gasteiger partial charge on any atom is -0.361 e. The molecule has 1 heterocycles. The zero-order chi connectivity index (χ0) is 11.8. The van der Waals surface area contributed by atoms with E-state index in [1.54, 1.807) is 6.07 Å². The number of anilines is 1. The molecular formula is C12H15FN2S. The van der Waals surface area contributed by atoms with Gasteiger partial charge in [0.15, 0.2) is 5.13 Å². The van der Waals surface area contributed by atoms with Gasteiger partial charge in [0.25, 0.3) is 0 Å². The normalized spacial score (nSPS) is 12.0. The van der Waals surface area contributed by atoms with E-state index in [-0.39, 0.29) is 11.2 Å². The third-order valence-electron chi connectivity index (χ3n) is 2.12. The van der Waals surface area contributed by atoms with Crippen LogP contribution in [0.25, 0.3) is 10.2 Å². The Balaban J connectivity index is 2.20. The van der Waals surface area contributed by atoms with Gasteiger partial charge in [-0.1, -0.05) is 32.1 Å². The van der Waals surface area contributed by atoms with E-state index in [1.165, 1.54) is 23.5 Å². The predicted molar refractivity (Wildman–Crippen MR) is 67.5 cm³/mol. The van der Waals surface area contributed by atoms with Crippen LogP contribution in [0.3, 0.4) is 0 Å². The van der Waals surface area contributed by atoms with Crippen LogP contribution in [-0.2, 0) is 0 Å². The molecule has 4 heteroatoms. The molecule has 2 nitrogen and oxygen atoms in total. The van der Waals surface area contributed by atoms with Gasteiger partial charge in [0, 0.05) is 6.54 Å². The summed E-state index contributed by atoms with van der Waals surface area (Å²) in [4.78, 5) is 4.40. The number of hydrogen-bond acceptors (Lipinski definition) is 3. The van der Waals surface area contributed by atoms with Gasteiger partial charge in [-0.2, -0.15) is 0 Å². The van der Waals surface area contributed by atoms with E-state index >= 15 is 0 Å². The quantitative estimate of drug-likeness (QED) is 0.858. The number of nitrogens with one attached hydrogen (secondary N) is 1. The summed E-state index contributed by atoms with van der Waals surface area (Å²) in [5.41, 5.74) is 1.06. The number of hydrogen-bond donors (Lipinski definition) is 1. The molecule has 0 aliphatic rings. The number of aromatic nitrogens is 1. The van der Waals surface area contributed by atoms with Gasteiger partial charge in [-0.05, 0) is 23.6 Å². The Kier molecular flexibility index (Phi) is 2.84. The fourth-order valence-corrected chi connectivity index (χ4v) is 2.20. The van der Waals surface area contributed by atoms with Gasteiger partial charge in [-0.25, -0.2) is 9.37 Å². The van der Waals surface area contributed by atoms with Crippen LogP contribution in [0, 0.1) is 11.2 Å². The maximum Gasteiger partial charge on any atom is 0.183 e. The van der Waals surface area contributed by atoms with Crippen LogP contribution < -0.4 is 5.32 Å². The number of rotatable bonds is 2. The van der Waals surface area contributed by atoms with Crippen LogP contribution in [0.5, 0.6) is 0 Å². The lowest BCUT2D eigenvalue weighted by atomic mass is 9.97. The first-order chi connectivity index (χ1) is 7.44. The van der Waals surface area contributed by atoms with Crippen LogP contribution in [0.15, 0.2) is 18.2 Å². The molecule has 0 aliphatic heterocycles. The summed E-state index contributed by atoms with van der Waals surface area (Å²) < 4.78 is 13.9. The first kappa shape index (κ1) is 11.3. The Bertz CT molecular complexity index is 499. The lowest BCUT2D eigenvalue weighted by molar-refractivity contribution is 0.443. The van der Waals surface area contributed by atoms with Crippen LogP contribution in [0.1, 0.15) is 20.8 Å². The highest BCUT2D eigenvalue weighted by Crippen LogP contribution is 2.27. The summed E-state index contributed by atoms with van der Waals surface area (Å²) in [7, 11) is 0. The van der Waals surface area contributed by atoms with Crippen molar-refractivity contribution in [2.24, 2.45) is 5.41 Å². The van der Waals surface area contributed by atoms with E-state index in [4.69, 9.17) is 0 Å². The lowest BCUT2D eigenvalue weighted by Gasteiger charge is -2.17. The van der Waals surface area contributed by atoms with Gasteiger partial charge in [0.05, 0.1) is 10.2 Å². The van der Waals surface area contributed by atoms with E-state index in [1.807, 2.05) is 0 Å². The van der Waals surface area contributed by atoms with Crippen molar-refractivity contribution in [1.29, 1.82) is 0 Å². The second kappa shape index (κ2) is 4.01. The van der Waals surface area contributed by atoms with Crippen LogP contribution >= 0.6 is 11.3 Å². The molecule has 86 valence electrons. The Morgan fingerprint density at radius 1 is 1.38 bits per heavy atom. The van der Waals surface area contributed by atoms with Crippen molar-refractivity contribution in [2.45, 2.75) is 20.8 Å². The van der Waals surface area contributed by atoms with Crippen molar-refractivity contribution in [3.8, 4) is 0 Å². The molecule has 1 N–H and O–H groups in total. The summed E-state index contributed by atoms with van der Waals surface area (Å²) in [5.74, 6) is -0.210. The summed E-state index contributed by atoms with van der Waals surface area (Å²) in [6, 6.07) is 4.67. The molecule has 0 amide bonds. The average Bonchev–Trinajstić information content (AvgIpc) is 2.55. The maximum atomic E-state index is 13.0. The van der Waals surface area contributed by atoms with Crippen molar-refractivity contribution in [2.75, 3.05) is 11.9 Å². The van der Waals surface area contributed by atoms with Gasteiger partial charge in [-0.15, -0.1) is 0 Å². The van der Waals surface area contributed by atoms with Crippen molar-refractivity contribution >= 4 is 26.7 Å². The highest BCUT2D eigenvalue weighted by molar-refractivity contribution is 7.22. The second-order valence-corrected chi connectivity index (χ2v) is 6.08. The van der Waals surface area contributed by atoms with Crippen molar-refractivity contribution in [3.63, 3.8) is 0 Å². The van der Waals surface area contributed by atoms with Crippen LogP contribution in [-0.4, -0.2) is 11.5 Å². The van der Waals surface area contributed by atoms with Gasteiger partial charge in [-0.3, -0.25) is 0 Å². The second-order valence-electron chi connectivity index (χ2n) is 5.05. The molecule has 16 heavy (non-hydrogen) atoms. The van der Waals surface area contributed by atoms with Crippen molar-refractivity contribution < 1.29 is 4.39 Å². The van der Waals surface area contributed by atoms with Crippen molar-refractivity contribution in [1.82, 2.24) is 4.98 Å². The first-order valence-electron chi connectivity index (χ1n) is 5.24. The fourth-order valence-electron chi connectivity index (χ4n) is 1.31. The molecule has 0 unspecified atom stereocenters. The first-order valence-corrected chi connectivity index (χ1v) is 6.06. The molecule has 0 fully saturated rings.